The maximum atomic E-state index is 14.5. The van der Waals surface area contributed by atoms with Crippen LogP contribution in [0.15, 0.2) is 24.8 Å². The lowest BCUT2D eigenvalue weighted by Crippen LogP contribution is -2.40. The Kier molecular flexibility index (Phi) is 8.08. The Morgan fingerprint density at radius 3 is 2.39 bits per heavy atom. The zero-order valence-electron chi connectivity index (χ0n) is 19.9. The number of ether oxygens (including phenoxy) is 2. The van der Waals surface area contributed by atoms with Gasteiger partial charge in [-0.25, -0.2) is 0 Å². The van der Waals surface area contributed by atoms with Crippen molar-refractivity contribution < 1.29 is 23.0 Å². The molecule has 33 heavy (non-hydrogen) atoms. The van der Waals surface area contributed by atoms with Gasteiger partial charge in [0.05, 0.1) is 5.92 Å². The molecule has 182 valence electrons. The monoisotopic (exact) mass is 460 g/mol. The van der Waals surface area contributed by atoms with E-state index in [2.05, 4.69) is 13.5 Å². The van der Waals surface area contributed by atoms with Crippen LogP contribution in [0, 0.1) is 47.1 Å². The number of benzene rings is 1. The topological polar surface area (TPSA) is 35.5 Å². The first-order chi connectivity index (χ1) is 16.0. The van der Waals surface area contributed by atoms with Crippen LogP contribution in [0.4, 0.5) is 8.78 Å². The highest BCUT2D eigenvalue weighted by Crippen LogP contribution is 2.50. The SMILES string of the molecule is C=CCOc1ccc(OC(=O)C2CCCC3CC(C4CCC(CC)CC4)CCC32)c(F)c1F. The second-order valence-electron chi connectivity index (χ2n) is 10.4. The molecule has 0 amide bonds. The molecule has 0 radical (unpaired) electrons. The molecule has 3 saturated carbocycles. The van der Waals surface area contributed by atoms with E-state index in [-0.39, 0.29) is 24.0 Å². The van der Waals surface area contributed by atoms with Crippen LogP contribution < -0.4 is 9.47 Å². The smallest absolute Gasteiger partial charge is 0.314 e. The van der Waals surface area contributed by atoms with Crippen LogP contribution in [0.3, 0.4) is 0 Å². The summed E-state index contributed by atoms with van der Waals surface area (Å²) in [5.41, 5.74) is 0. The first-order valence-corrected chi connectivity index (χ1v) is 12.9. The van der Waals surface area contributed by atoms with Crippen LogP contribution in [0.5, 0.6) is 11.5 Å². The fourth-order valence-electron chi connectivity index (χ4n) is 6.83. The van der Waals surface area contributed by atoms with Crippen LogP contribution in [-0.4, -0.2) is 12.6 Å². The Morgan fingerprint density at radius 1 is 0.970 bits per heavy atom. The molecule has 4 atom stereocenters. The summed E-state index contributed by atoms with van der Waals surface area (Å²) < 4.78 is 39.3. The normalized spacial score (nSPS) is 32.0. The van der Waals surface area contributed by atoms with E-state index in [0.29, 0.717) is 11.8 Å². The van der Waals surface area contributed by atoms with Gasteiger partial charge in [0.2, 0.25) is 11.6 Å². The van der Waals surface area contributed by atoms with Crippen molar-refractivity contribution in [1.82, 2.24) is 0 Å². The van der Waals surface area contributed by atoms with Gasteiger partial charge < -0.3 is 9.47 Å². The average molecular weight is 461 g/mol. The van der Waals surface area contributed by atoms with E-state index in [1.54, 1.807) is 0 Å². The average Bonchev–Trinajstić information content (AvgIpc) is 2.85. The van der Waals surface area contributed by atoms with Gasteiger partial charge in [-0.3, -0.25) is 4.79 Å². The molecule has 0 aromatic heterocycles. The molecular formula is C28H38F2O3. The van der Waals surface area contributed by atoms with Crippen LogP contribution in [0.2, 0.25) is 0 Å². The summed E-state index contributed by atoms with van der Waals surface area (Å²) in [6.45, 7) is 5.88. The van der Waals surface area contributed by atoms with Gasteiger partial charge in [0.15, 0.2) is 11.5 Å². The van der Waals surface area contributed by atoms with Crippen LogP contribution in [0.25, 0.3) is 0 Å². The minimum Gasteiger partial charge on any atom is -0.486 e. The van der Waals surface area contributed by atoms with Gasteiger partial charge in [0.1, 0.15) is 6.61 Å². The molecule has 3 fully saturated rings. The Labute approximate surface area is 196 Å². The predicted molar refractivity (Wildman–Crippen MR) is 125 cm³/mol. The van der Waals surface area contributed by atoms with E-state index in [4.69, 9.17) is 9.47 Å². The van der Waals surface area contributed by atoms with Gasteiger partial charge in [-0.15, -0.1) is 0 Å². The molecule has 3 aliphatic rings. The van der Waals surface area contributed by atoms with Crippen LogP contribution in [0.1, 0.15) is 77.6 Å². The fraction of sp³-hybridized carbons (Fsp3) is 0.679. The van der Waals surface area contributed by atoms with Gasteiger partial charge in [-0.05, 0) is 80.2 Å². The molecule has 0 spiro atoms. The number of hydrogen-bond donors (Lipinski definition) is 0. The Hall–Kier alpha value is -1.91. The number of carbonyl (C=O) groups is 1. The standard InChI is InChI=1S/C28H38F2O3/c1-3-16-32-24-14-15-25(27(30)26(24)29)33-28(31)23-7-5-6-21-17-20(12-13-22(21)23)19-10-8-18(4-2)9-11-19/h3,14-15,18-23H,1,4-13,16-17H2,2H3. The molecule has 0 aliphatic heterocycles. The molecule has 3 aliphatic carbocycles. The van der Waals surface area contributed by atoms with Gasteiger partial charge in [-0.1, -0.05) is 51.7 Å². The highest BCUT2D eigenvalue weighted by Gasteiger charge is 2.43. The minimum absolute atomic E-state index is 0.0711. The number of rotatable bonds is 7. The fourth-order valence-corrected chi connectivity index (χ4v) is 6.83. The molecule has 1 aromatic carbocycles. The highest BCUT2D eigenvalue weighted by atomic mass is 19.2. The van der Waals surface area contributed by atoms with Crippen molar-refractivity contribution in [2.75, 3.05) is 6.61 Å². The Bertz CT molecular complexity index is 831. The lowest BCUT2D eigenvalue weighted by Gasteiger charge is -2.46. The summed E-state index contributed by atoms with van der Waals surface area (Å²) in [5, 5.41) is 0. The molecule has 0 heterocycles. The van der Waals surface area contributed by atoms with Crippen molar-refractivity contribution in [1.29, 1.82) is 0 Å². The summed E-state index contributed by atoms with van der Waals surface area (Å²) in [6.07, 6.45) is 14.6. The van der Waals surface area contributed by atoms with Gasteiger partial charge in [0.25, 0.3) is 0 Å². The molecule has 0 bridgehead atoms. The molecule has 0 saturated heterocycles. The Morgan fingerprint density at radius 2 is 1.67 bits per heavy atom. The third-order valence-corrected chi connectivity index (χ3v) is 8.71. The second kappa shape index (κ2) is 11.0. The van der Waals surface area contributed by atoms with Crippen molar-refractivity contribution >= 4 is 5.97 Å². The van der Waals surface area contributed by atoms with Gasteiger partial charge in [0, 0.05) is 0 Å². The lowest BCUT2D eigenvalue weighted by molar-refractivity contribution is -0.144. The quantitative estimate of drug-likeness (QED) is 0.240. The van der Waals surface area contributed by atoms with E-state index in [9.17, 15) is 13.6 Å². The second-order valence-corrected chi connectivity index (χ2v) is 10.4. The van der Waals surface area contributed by atoms with Crippen molar-refractivity contribution in [2.45, 2.75) is 77.6 Å². The van der Waals surface area contributed by atoms with Crippen molar-refractivity contribution in [3.63, 3.8) is 0 Å². The summed E-state index contributed by atoms with van der Waals surface area (Å²) >= 11 is 0. The first-order valence-electron chi connectivity index (χ1n) is 12.9. The number of hydrogen-bond acceptors (Lipinski definition) is 3. The Balaban J connectivity index is 1.37. The maximum absolute atomic E-state index is 14.5. The summed E-state index contributed by atoms with van der Waals surface area (Å²) in [5.74, 6) is -0.112. The molecular weight excluding hydrogens is 422 g/mol. The molecule has 5 heteroatoms. The maximum Gasteiger partial charge on any atom is 0.314 e. The van der Waals surface area contributed by atoms with Crippen LogP contribution >= 0.6 is 0 Å². The van der Waals surface area contributed by atoms with Crippen LogP contribution in [-0.2, 0) is 4.79 Å². The molecule has 4 unspecified atom stereocenters. The summed E-state index contributed by atoms with van der Waals surface area (Å²) in [4.78, 5) is 13.0. The largest absolute Gasteiger partial charge is 0.486 e. The van der Waals surface area contributed by atoms with Gasteiger partial charge in [-0.2, -0.15) is 8.78 Å². The van der Waals surface area contributed by atoms with E-state index >= 15 is 0 Å². The van der Waals surface area contributed by atoms with E-state index in [0.717, 1.165) is 37.0 Å². The minimum atomic E-state index is -1.18. The molecule has 0 N–H and O–H groups in total. The molecule has 3 nitrogen and oxygen atoms in total. The van der Waals surface area contributed by atoms with E-state index in [1.165, 1.54) is 69.6 Å². The lowest BCUT2D eigenvalue weighted by atomic mass is 9.59. The zero-order chi connectivity index (χ0) is 23.4. The van der Waals surface area contributed by atoms with Gasteiger partial charge >= 0.3 is 5.97 Å². The van der Waals surface area contributed by atoms with E-state index < -0.39 is 17.6 Å². The van der Waals surface area contributed by atoms with Crippen molar-refractivity contribution in [3.05, 3.63) is 36.4 Å². The zero-order valence-corrected chi connectivity index (χ0v) is 19.9. The number of esters is 1. The molecule has 1 aromatic rings. The highest BCUT2D eigenvalue weighted by molar-refractivity contribution is 5.75. The summed E-state index contributed by atoms with van der Waals surface area (Å²) in [6, 6.07) is 2.57. The summed E-state index contributed by atoms with van der Waals surface area (Å²) in [7, 11) is 0. The van der Waals surface area contributed by atoms with Crippen molar-refractivity contribution in [3.8, 4) is 11.5 Å². The third-order valence-electron chi connectivity index (χ3n) is 8.71. The third kappa shape index (κ3) is 5.44. The molecule has 4 rings (SSSR count). The number of carbonyl (C=O) groups excluding carboxylic acids is 1. The number of fused-ring (bicyclic) bond motifs is 1. The predicted octanol–water partition coefficient (Wildman–Crippen LogP) is 7.48. The number of halogens is 2. The van der Waals surface area contributed by atoms with E-state index in [1.807, 2.05) is 0 Å². The van der Waals surface area contributed by atoms with Crippen molar-refractivity contribution in [2.24, 2.45) is 35.5 Å². The first kappa shape index (κ1) is 24.2.